The molecule has 216 valence electrons. The molecule has 1 saturated carbocycles. The van der Waals surface area contributed by atoms with Gasteiger partial charge >= 0.3 is 0 Å². The predicted molar refractivity (Wildman–Crippen MR) is 168 cm³/mol. The van der Waals surface area contributed by atoms with Gasteiger partial charge in [0.25, 0.3) is 11.8 Å². The first-order chi connectivity index (χ1) is 20.6. The summed E-state index contributed by atoms with van der Waals surface area (Å²) in [6, 6.07) is 27.8. The molecule has 2 amide bonds. The first-order valence-corrected chi connectivity index (χ1v) is 15.4. The second kappa shape index (κ2) is 12.9. The Balaban J connectivity index is 1.32. The van der Waals surface area contributed by atoms with Crippen LogP contribution in [-0.4, -0.2) is 58.8 Å². The Bertz CT molecular complexity index is 1520. The summed E-state index contributed by atoms with van der Waals surface area (Å²) in [7, 11) is 0. The van der Waals surface area contributed by atoms with Crippen LogP contribution in [-0.2, 0) is 6.54 Å². The van der Waals surface area contributed by atoms with E-state index in [1.165, 1.54) is 32.1 Å². The molecule has 0 unspecified atom stereocenters. The fourth-order valence-corrected chi connectivity index (χ4v) is 6.63. The van der Waals surface area contributed by atoms with Crippen LogP contribution in [0.1, 0.15) is 65.3 Å². The second-order valence-electron chi connectivity index (χ2n) is 11.8. The van der Waals surface area contributed by atoms with Crippen molar-refractivity contribution in [1.29, 1.82) is 0 Å². The second-order valence-corrected chi connectivity index (χ2v) is 11.8. The maximum Gasteiger partial charge on any atom is 0.253 e. The lowest BCUT2D eigenvalue weighted by Crippen LogP contribution is -2.48. The third-order valence-corrected chi connectivity index (χ3v) is 9.05. The Morgan fingerprint density at radius 1 is 0.833 bits per heavy atom. The molecule has 2 heterocycles. The molecule has 42 heavy (non-hydrogen) atoms. The first kappa shape index (κ1) is 28.1. The molecule has 6 heteroatoms. The van der Waals surface area contributed by atoms with Crippen molar-refractivity contribution < 1.29 is 9.59 Å². The van der Waals surface area contributed by atoms with Crippen LogP contribution >= 0.6 is 0 Å². The van der Waals surface area contributed by atoms with Crippen LogP contribution in [0, 0.1) is 5.92 Å². The molecule has 1 N–H and O–H groups in total. The number of carbonyl (C=O) groups is 2. The van der Waals surface area contributed by atoms with Crippen LogP contribution in [0.2, 0.25) is 0 Å². The summed E-state index contributed by atoms with van der Waals surface area (Å²) in [5.41, 5.74) is 5.09. The highest BCUT2D eigenvalue weighted by molar-refractivity contribution is 6.09. The van der Waals surface area contributed by atoms with Crippen LogP contribution in [0.25, 0.3) is 22.2 Å². The normalized spacial score (nSPS) is 17.2. The molecular formula is C36H40N4O2. The summed E-state index contributed by atoms with van der Waals surface area (Å²) < 4.78 is 0. The third-order valence-electron chi connectivity index (χ3n) is 9.05. The largest absolute Gasteiger partial charge is 0.349 e. The predicted octanol–water partition coefficient (Wildman–Crippen LogP) is 6.56. The number of amides is 2. The molecule has 1 aliphatic carbocycles. The average molecular weight is 561 g/mol. The van der Waals surface area contributed by atoms with Gasteiger partial charge in [-0.15, -0.1) is 0 Å². The number of hydrogen-bond acceptors (Lipinski definition) is 4. The summed E-state index contributed by atoms with van der Waals surface area (Å²) in [6.45, 7) is 5.53. The van der Waals surface area contributed by atoms with Gasteiger partial charge < -0.3 is 10.2 Å². The maximum absolute atomic E-state index is 14.2. The lowest BCUT2D eigenvalue weighted by atomic mass is 9.84. The SMILES string of the molecule is C[C@H](NC(=O)c1c(CN2CCN(C(=O)c3ccccc3)CC2)c(-c2ccccc2)nc2ccccc12)C1CCCCC1. The number of fused-ring (bicyclic) bond motifs is 1. The van der Waals surface area contributed by atoms with E-state index in [0.29, 0.717) is 25.6 Å². The molecule has 2 aliphatic rings. The zero-order chi connectivity index (χ0) is 28.9. The molecule has 1 aromatic heterocycles. The Morgan fingerprint density at radius 2 is 1.48 bits per heavy atom. The number of carbonyl (C=O) groups excluding carboxylic acids is 2. The number of pyridine rings is 1. The van der Waals surface area contributed by atoms with Gasteiger partial charge in [-0.2, -0.15) is 0 Å². The van der Waals surface area contributed by atoms with Crippen LogP contribution in [0.15, 0.2) is 84.9 Å². The molecular weight excluding hydrogens is 520 g/mol. The Morgan fingerprint density at radius 3 is 2.19 bits per heavy atom. The van der Waals surface area contributed by atoms with E-state index in [2.05, 4.69) is 29.3 Å². The van der Waals surface area contributed by atoms with E-state index in [1.807, 2.05) is 77.7 Å². The lowest BCUT2D eigenvalue weighted by molar-refractivity contribution is 0.0628. The molecule has 2 fully saturated rings. The Hall–Kier alpha value is -4.03. The van der Waals surface area contributed by atoms with Crippen molar-refractivity contribution in [1.82, 2.24) is 20.1 Å². The van der Waals surface area contributed by atoms with Crippen molar-refractivity contribution in [2.24, 2.45) is 5.92 Å². The first-order valence-electron chi connectivity index (χ1n) is 15.4. The van der Waals surface area contributed by atoms with E-state index >= 15 is 0 Å². The number of benzene rings is 3. The van der Waals surface area contributed by atoms with Gasteiger partial charge in [-0.3, -0.25) is 14.5 Å². The molecule has 3 aromatic carbocycles. The van der Waals surface area contributed by atoms with Gasteiger partial charge in [0.15, 0.2) is 0 Å². The van der Waals surface area contributed by atoms with Gasteiger partial charge in [-0.05, 0) is 43.9 Å². The number of para-hydroxylation sites is 1. The van der Waals surface area contributed by atoms with Gasteiger partial charge in [0, 0.05) is 60.8 Å². The third kappa shape index (κ3) is 6.09. The van der Waals surface area contributed by atoms with Crippen LogP contribution in [0.3, 0.4) is 0 Å². The molecule has 0 bridgehead atoms. The van der Waals surface area contributed by atoms with Crippen molar-refractivity contribution in [3.8, 4) is 11.3 Å². The summed E-state index contributed by atoms with van der Waals surface area (Å²) in [5, 5.41) is 4.30. The van der Waals surface area contributed by atoms with Crippen molar-refractivity contribution >= 4 is 22.7 Å². The molecule has 6 rings (SSSR count). The Labute approximate surface area is 248 Å². The summed E-state index contributed by atoms with van der Waals surface area (Å²) >= 11 is 0. The monoisotopic (exact) mass is 560 g/mol. The summed E-state index contributed by atoms with van der Waals surface area (Å²) in [4.78, 5) is 36.7. The lowest BCUT2D eigenvalue weighted by Gasteiger charge is -2.35. The minimum Gasteiger partial charge on any atom is -0.349 e. The van der Waals surface area contributed by atoms with Crippen molar-refractivity contribution in [3.05, 3.63) is 102 Å². The highest BCUT2D eigenvalue weighted by Gasteiger charge is 2.29. The van der Waals surface area contributed by atoms with Crippen LogP contribution in [0.4, 0.5) is 0 Å². The fraction of sp³-hybridized carbons (Fsp3) is 0.361. The molecule has 6 nitrogen and oxygen atoms in total. The fourth-order valence-electron chi connectivity index (χ4n) is 6.63. The van der Waals surface area contributed by atoms with Gasteiger partial charge in [0.1, 0.15) is 0 Å². The molecule has 1 aliphatic heterocycles. The highest BCUT2D eigenvalue weighted by atomic mass is 16.2. The summed E-state index contributed by atoms with van der Waals surface area (Å²) in [6.07, 6.45) is 6.12. The van der Waals surface area contributed by atoms with Gasteiger partial charge in [-0.1, -0.05) is 86.0 Å². The van der Waals surface area contributed by atoms with Crippen LogP contribution in [0.5, 0.6) is 0 Å². The van der Waals surface area contributed by atoms with Gasteiger partial charge in [0.05, 0.1) is 16.8 Å². The Kier molecular flexibility index (Phi) is 8.61. The van der Waals surface area contributed by atoms with Crippen molar-refractivity contribution in [2.45, 2.75) is 51.6 Å². The van der Waals surface area contributed by atoms with Crippen LogP contribution < -0.4 is 5.32 Å². The zero-order valence-corrected chi connectivity index (χ0v) is 24.5. The average Bonchev–Trinajstić information content (AvgIpc) is 3.05. The van der Waals surface area contributed by atoms with E-state index in [0.717, 1.165) is 51.9 Å². The molecule has 1 atom stereocenters. The topological polar surface area (TPSA) is 65.5 Å². The highest BCUT2D eigenvalue weighted by Crippen LogP contribution is 2.33. The number of rotatable bonds is 7. The standard InChI is InChI=1S/C36H40N4O2/c1-26(27-13-5-2-6-14-27)37-35(41)33-30-19-11-12-20-32(30)38-34(28-15-7-3-8-16-28)31(33)25-39-21-23-40(24-22-39)36(42)29-17-9-4-10-18-29/h3-4,7-12,15-20,26-27H,2,5-6,13-14,21-25H2,1H3,(H,37,41)/t26-/m0/s1. The van der Waals surface area contributed by atoms with Crippen molar-refractivity contribution in [2.75, 3.05) is 26.2 Å². The van der Waals surface area contributed by atoms with E-state index in [1.54, 1.807) is 0 Å². The quantitative estimate of drug-likeness (QED) is 0.278. The van der Waals surface area contributed by atoms with E-state index in [4.69, 9.17) is 4.98 Å². The van der Waals surface area contributed by atoms with Gasteiger partial charge in [0.2, 0.25) is 0 Å². The van der Waals surface area contributed by atoms with Gasteiger partial charge in [-0.25, -0.2) is 4.98 Å². The minimum atomic E-state index is -0.0169. The summed E-state index contributed by atoms with van der Waals surface area (Å²) in [5.74, 6) is 0.573. The maximum atomic E-state index is 14.2. The smallest absolute Gasteiger partial charge is 0.253 e. The van der Waals surface area contributed by atoms with Crippen molar-refractivity contribution in [3.63, 3.8) is 0 Å². The van der Waals surface area contributed by atoms with E-state index in [9.17, 15) is 9.59 Å². The number of hydrogen-bond donors (Lipinski definition) is 1. The molecule has 4 aromatic rings. The number of nitrogens with one attached hydrogen (secondary N) is 1. The number of aromatic nitrogens is 1. The minimum absolute atomic E-state index is 0.0169. The number of piperazine rings is 1. The number of nitrogens with zero attached hydrogens (tertiary/aromatic N) is 3. The van der Waals surface area contributed by atoms with E-state index in [-0.39, 0.29) is 17.9 Å². The molecule has 1 saturated heterocycles. The molecule has 0 spiro atoms. The van der Waals surface area contributed by atoms with E-state index < -0.39 is 0 Å². The molecule has 0 radical (unpaired) electrons. The zero-order valence-electron chi connectivity index (χ0n) is 24.5.